The van der Waals surface area contributed by atoms with Gasteiger partial charge in [0.1, 0.15) is 5.75 Å². The highest BCUT2D eigenvalue weighted by Gasteiger charge is 2.06. The Kier molecular flexibility index (Phi) is 4.62. The number of benzene rings is 2. The Balaban J connectivity index is 1.53. The first-order valence-corrected chi connectivity index (χ1v) is 7.71. The number of methoxy groups -OCH3 is 1. The first-order chi connectivity index (χ1) is 11.3. The second kappa shape index (κ2) is 7.01. The van der Waals surface area contributed by atoms with Crippen molar-refractivity contribution in [1.82, 2.24) is 10.3 Å². The molecule has 0 unspecified atom stereocenters. The Hall–Kier alpha value is -2.75. The average Bonchev–Trinajstić information content (AvgIpc) is 3.06. The number of aromatic amines is 1. The molecule has 4 heteroatoms. The minimum atomic E-state index is 0.0464. The largest absolute Gasteiger partial charge is 0.496 e. The number of hydrogen-bond acceptors (Lipinski definition) is 2. The zero-order chi connectivity index (χ0) is 16.1. The molecule has 0 aliphatic carbocycles. The summed E-state index contributed by atoms with van der Waals surface area (Å²) >= 11 is 0. The molecule has 0 aliphatic rings. The zero-order valence-electron chi connectivity index (χ0n) is 13.1. The molecule has 1 heterocycles. The summed E-state index contributed by atoms with van der Waals surface area (Å²) in [7, 11) is 1.64. The van der Waals surface area contributed by atoms with Crippen LogP contribution in [0.25, 0.3) is 10.9 Å². The van der Waals surface area contributed by atoms with Crippen molar-refractivity contribution in [2.75, 3.05) is 7.11 Å². The van der Waals surface area contributed by atoms with Crippen LogP contribution in [0, 0.1) is 0 Å². The summed E-state index contributed by atoms with van der Waals surface area (Å²) in [5, 5.41) is 4.13. The topological polar surface area (TPSA) is 54.1 Å². The highest BCUT2D eigenvalue weighted by atomic mass is 16.5. The number of aromatic nitrogens is 1. The van der Waals surface area contributed by atoms with Crippen molar-refractivity contribution < 1.29 is 9.53 Å². The van der Waals surface area contributed by atoms with Crippen molar-refractivity contribution in [3.63, 3.8) is 0 Å². The van der Waals surface area contributed by atoms with Crippen molar-refractivity contribution in [3.05, 3.63) is 65.9 Å². The van der Waals surface area contributed by atoms with E-state index in [1.165, 1.54) is 10.9 Å². The quantitative estimate of drug-likeness (QED) is 0.733. The van der Waals surface area contributed by atoms with Crippen LogP contribution in [-0.2, 0) is 17.8 Å². The molecule has 0 aliphatic heterocycles. The van der Waals surface area contributed by atoms with Gasteiger partial charge in [0.2, 0.25) is 5.91 Å². The van der Waals surface area contributed by atoms with Crippen LogP contribution in [0.2, 0.25) is 0 Å². The molecular formula is C19H20N2O2. The maximum atomic E-state index is 12.0. The fourth-order valence-corrected chi connectivity index (χ4v) is 2.65. The van der Waals surface area contributed by atoms with Gasteiger partial charge in [0, 0.05) is 30.2 Å². The van der Waals surface area contributed by atoms with Gasteiger partial charge in [0.15, 0.2) is 0 Å². The van der Waals surface area contributed by atoms with Crippen LogP contribution < -0.4 is 10.1 Å². The lowest BCUT2D eigenvalue weighted by Crippen LogP contribution is -2.23. The molecule has 0 saturated heterocycles. The number of amides is 1. The summed E-state index contributed by atoms with van der Waals surface area (Å²) in [5.41, 5.74) is 3.27. The monoisotopic (exact) mass is 308 g/mol. The third-order valence-corrected chi connectivity index (χ3v) is 3.93. The van der Waals surface area contributed by atoms with E-state index in [1.54, 1.807) is 7.11 Å². The smallest absolute Gasteiger partial charge is 0.220 e. The van der Waals surface area contributed by atoms with E-state index in [0.29, 0.717) is 13.0 Å². The third-order valence-electron chi connectivity index (χ3n) is 3.93. The van der Waals surface area contributed by atoms with Crippen LogP contribution in [0.1, 0.15) is 17.5 Å². The Bertz CT molecular complexity index is 808. The van der Waals surface area contributed by atoms with Gasteiger partial charge in [-0.1, -0.05) is 24.3 Å². The molecule has 0 bridgehead atoms. The molecule has 2 N–H and O–H groups in total. The fraction of sp³-hybridized carbons (Fsp3) is 0.211. The van der Waals surface area contributed by atoms with E-state index in [4.69, 9.17) is 4.74 Å². The summed E-state index contributed by atoms with van der Waals surface area (Å²) in [6.45, 7) is 0.486. The van der Waals surface area contributed by atoms with Gasteiger partial charge in [0.25, 0.3) is 0 Å². The standard InChI is InChI=1S/C19H20N2O2/c1-23-18-5-3-2-4-16(18)13-21-19(22)9-7-14-6-8-17-15(12-14)10-11-20-17/h2-6,8,10-12,20H,7,9,13H2,1H3,(H,21,22). The molecule has 0 atom stereocenters. The van der Waals surface area contributed by atoms with Gasteiger partial charge >= 0.3 is 0 Å². The van der Waals surface area contributed by atoms with Crippen molar-refractivity contribution >= 4 is 16.8 Å². The van der Waals surface area contributed by atoms with Crippen LogP contribution in [0.3, 0.4) is 0 Å². The van der Waals surface area contributed by atoms with E-state index in [0.717, 1.165) is 23.3 Å². The second-order valence-electron chi connectivity index (χ2n) is 5.49. The maximum Gasteiger partial charge on any atom is 0.220 e. The van der Waals surface area contributed by atoms with Gasteiger partial charge in [-0.05, 0) is 41.6 Å². The number of carbonyl (C=O) groups is 1. The Morgan fingerprint density at radius 3 is 2.91 bits per heavy atom. The van der Waals surface area contributed by atoms with Crippen LogP contribution in [0.4, 0.5) is 0 Å². The first-order valence-electron chi connectivity index (χ1n) is 7.71. The molecule has 0 spiro atoms. The van der Waals surface area contributed by atoms with Crippen molar-refractivity contribution in [1.29, 1.82) is 0 Å². The van der Waals surface area contributed by atoms with Gasteiger partial charge < -0.3 is 15.0 Å². The molecule has 1 amide bonds. The van der Waals surface area contributed by atoms with Crippen molar-refractivity contribution in [3.8, 4) is 5.75 Å². The van der Waals surface area contributed by atoms with E-state index in [9.17, 15) is 4.79 Å². The number of carbonyl (C=O) groups excluding carboxylic acids is 1. The lowest BCUT2D eigenvalue weighted by atomic mass is 10.1. The average molecular weight is 308 g/mol. The SMILES string of the molecule is COc1ccccc1CNC(=O)CCc1ccc2[nH]ccc2c1. The van der Waals surface area contributed by atoms with E-state index in [-0.39, 0.29) is 5.91 Å². The van der Waals surface area contributed by atoms with Crippen molar-refractivity contribution in [2.45, 2.75) is 19.4 Å². The number of rotatable bonds is 6. The molecule has 3 rings (SSSR count). The molecule has 0 fully saturated rings. The Morgan fingerprint density at radius 1 is 1.17 bits per heavy atom. The molecule has 1 aromatic heterocycles. The molecule has 0 radical (unpaired) electrons. The van der Waals surface area contributed by atoms with Gasteiger partial charge in [-0.25, -0.2) is 0 Å². The number of H-pyrrole nitrogens is 1. The Labute approximate surface area is 135 Å². The normalized spacial score (nSPS) is 10.7. The fourth-order valence-electron chi connectivity index (χ4n) is 2.65. The number of fused-ring (bicyclic) bond motifs is 1. The molecule has 118 valence electrons. The summed E-state index contributed by atoms with van der Waals surface area (Å²) in [6, 6.07) is 16.0. The highest BCUT2D eigenvalue weighted by molar-refractivity contribution is 5.80. The molecule has 2 aromatic carbocycles. The van der Waals surface area contributed by atoms with Gasteiger partial charge in [-0.15, -0.1) is 0 Å². The number of ether oxygens (including phenoxy) is 1. The molecule has 4 nitrogen and oxygen atoms in total. The zero-order valence-corrected chi connectivity index (χ0v) is 13.1. The van der Waals surface area contributed by atoms with Crippen LogP contribution in [0.15, 0.2) is 54.7 Å². The van der Waals surface area contributed by atoms with Gasteiger partial charge in [0.05, 0.1) is 7.11 Å². The number of aryl methyl sites for hydroxylation is 1. The molecule has 3 aromatic rings. The van der Waals surface area contributed by atoms with E-state index >= 15 is 0 Å². The predicted octanol–water partition coefficient (Wildman–Crippen LogP) is 3.43. The number of para-hydroxylation sites is 1. The second-order valence-corrected chi connectivity index (χ2v) is 5.49. The van der Waals surface area contributed by atoms with E-state index in [2.05, 4.69) is 28.5 Å². The molecule has 0 saturated carbocycles. The predicted molar refractivity (Wildman–Crippen MR) is 91.5 cm³/mol. The third kappa shape index (κ3) is 3.72. The molecule has 23 heavy (non-hydrogen) atoms. The van der Waals surface area contributed by atoms with Crippen LogP contribution >= 0.6 is 0 Å². The van der Waals surface area contributed by atoms with Crippen LogP contribution in [0.5, 0.6) is 5.75 Å². The summed E-state index contributed by atoms with van der Waals surface area (Å²) in [4.78, 5) is 15.2. The highest BCUT2D eigenvalue weighted by Crippen LogP contribution is 2.17. The van der Waals surface area contributed by atoms with Crippen molar-refractivity contribution in [2.24, 2.45) is 0 Å². The first kappa shape index (κ1) is 15.2. The van der Waals surface area contributed by atoms with Crippen LogP contribution in [-0.4, -0.2) is 18.0 Å². The summed E-state index contributed by atoms with van der Waals surface area (Å²) in [5.74, 6) is 0.843. The number of hydrogen-bond donors (Lipinski definition) is 2. The number of nitrogens with one attached hydrogen (secondary N) is 2. The van der Waals surface area contributed by atoms with Gasteiger partial charge in [-0.3, -0.25) is 4.79 Å². The summed E-state index contributed by atoms with van der Waals surface area (Å²) in [6.07, 6.45) is 3.14. The van der Waals surface area contributed by atoms with E-state index in [1.807, 2.05) is 36.5 Å². The summed E-state index contributed by atoms with van der Waals surface area (Å²) < 4.78 is 5.29. The lowest BCUT2D eigenvalue weighted by Gasteiger charge is -2.09. The lowest BCUT2D eigenvalue weighted by molar-refractivity contribution is -0.121. The minimum Gasteiger partial charge on any atom is -0.496 e. The molecular weight excluding hydrogens is 288 g/mol. The minimum absolute atomic E-state index is 0.0464. The maximum absolute atomic E-state index is 12.0. The van der Waals surface area contributed by atoms with Gasteiger partial charge in [-0.2, -0.15) is 0 Å². The Morgan fingerprint density at radius 2 is 2.04 bits per heavy atom. The van der Waals surface area contributed by atoms with E-state index < -0.39 is 0 Å².